The Bertz CT molecular complexity index is 1510. The van der Waals surface area contributed by atoms with Gasteiger partial charge >= 0.3 is 0 Å². The van der Waals surface area contributed by atoms with E-state index in [-0.39, 0.29) is 38.5 Å². The van der Waals surface area contributed by atoms with Gasteiger partial charge in [-0.15, -0.1) is 0 Å². The molecule has 31 heavy (non-hydrogen) atoms. The molecule has 4 aromatic rings. The first-order chi connectivity index (χ1) is 14.8. The number of anilines is 1. The maximum absolute atomic E-state index is 15.0. The summed E-state index contributed by atoms with van der Waals surface area (Å²) >= 11 is 0.892. The molecule has 4 heterocycles. The van der Waals surface area contributed by atoms with Gasteiger partial charge in [-0.25, -0.2) is 13.2 Å². The molecule has 10 heteroatoms. The number of H-pyrrole nitrogens is 1. The van der Waals surface area contributed by atoms with E-state index < -0.39 is 28.6 Å². The Kier molecular flexibility index (Phi) is 3.73. The van der Waals surface area contributed by atoms with Crippen molar-refractivity contribution in [2.45, 2.75) is 6.04 Å². The SMILES string of the molecule is N[C@@H]1[C@H]2CN(c3cc4c(-c5ccc(F)cc5F)c5s[nH]c(=O)c5c(=O)n4cc3F)C[C@@H]12. The number of rotatable bonds is 2. The van der Waals surface area contributed by atoms with E-state index in [9.17, 15) is 18.4 Å². The van der Waals surface area contributed by atoms with Gasteiger partial charge in [0.15, 0.2) is 5.82 Å². The predicted molar refractivity (Wildman–Crippen MR) is 112 cm³/mol. The Balaban J connectivity index is 1.69. The molecule has 1 saturated carbocycles. The smallest absolute Gasteiger partial charge is 0.271 e. The number of benzene rings is 1. The fourth-order valence-corrected chi connectivity index (χ4v) is 5.65. The lowest BCUT2D eigenvalue weighted by Gasteiger charge is -2.23. The number of nitrogens with two attached hydrogens (primary N) is 1. The molecule has 2 aliphatic rings. The highest BCUT2D eigenvalue weighted by Crippen LogP contribution is 2.46. The summed E-state index contributed by atoms with van der Waals surface area (Å²) in [5.41, 5.74) is 5.42. The maximum Gasteiger partial charge on any atom is 0.271 e. The minimum Gasteiger partial charge on any atom is -0.368 e. The quantitative estimate of drug-likeness (QED) is 0.498. The Morgan fingerprint density at radius 3 is 2.52 bits per heavy atom. The van der Waals surface area contributed by atoms with Crippen molar-refractivity contribution in [2.24, 2.45) is 17.6 Å². The number of piperidine rings is 1. The van der Waals surface area contributed by atoms with Gasteiger partial charge in [0.2, 0.25) is 0 Å². The highest BCUT2D eigenvalue weighted by molar-refractivity contribution is 7.14. The standard InChI is InChI=1S/C21H15F3N4O2S/c22-8-1-2-9(12(23)3-8)16-15-4-14(27-5-10-11(6-27)18(10)25)13(24)7-28(15)21(30)17-19(16)31-26-20(17)29/h1-4,7,10-11,18H,5-6,25H2,(H,26,29)/t10-,11+,18+. The topological polar surface area (TPSA) is 83.6 Å². The molecule has 0 spiro atoms. The van der Waals surface area contributed by atoms with Gasteiger partial charge in [0.1, 0.15) is 17.0 Å². The van der Waals surface area contributed by atoms with Crippen molar-refractivity contribution in [3.8, 4) is 11.1 Å². The predicted octanol–water partition coefficient (Wildman–Crippen LogP) is 2.68. The lowest BCUT2D eigenvalue weighted by atomic mass is 10.0. The van der Waals surface area contributed by atoms with Gasteiger partial charge in [-0.05, 0) is 30.0 Å². The number of halogens is 3. The molecular weight excluding hydrogens is 429 g/mol. The molecule has 1 aliphatic heterocycles. The van der Waals surface area contributed by atoms with Crippen LogP contribution in [0.2, 0.25) is 0 Å². The van der Waals surface area contributed by atoms with Crippen LogP contribution in [0.3, 0.4) is 0 Å². The van der Waals surface area contributed by atoms with Crippen molar-refractivity contribution in [3.63, 3.8) is 0 Å². The van der Waals surface area contributed by atoms with E-state index in [2.05, 4.69) is 4.37 Å². The van der Waals surface area contributed by atoms with Gasteiger partial charge < -0.3 is 10.6 Å². The third-order valence-corrected chi connectivity index (χ3v) is 7.34. The monoisotopic (exact) mass is 444 g/mol. The van der Waals surface area contributed by atoms with Gasteiger partial charge in [-0.3, -0.25) is 18.4 Å². The lowest BCUT2D eigenvalue weighted by molar-refractivity contribution is 0.585. The fourth-order valence-electron chi connectivity index (χ4n) is 4.75. The Morgan fingerprint density at radius 1 is 1.06 bits per heavy atom. The van der Waals surface area contributed by atoms with Gasteiger partial charge in [0.25, 0.3) is 11.1 Å². The minimum absolute atomic E-state index is 0.0167. The molecule has 0 unspecified atom stereocenters. The third kappa shape index (κ3) is 2.55. The summed E-state index contributed by atoms with van der Waals surface area (Å²) in [6, 6.07) is 4.71. The Hall–Kier alpha value is -3.11. The molecule has 2 fully saturated rings. The second-order valence-corrected chi connectivity index (χ2v) is 8.93. The number of hydrogen-bond donors (Lipinski definition) is 2. The number of aromatic nitrogens is 2. The molecule has 0 radical (unpaired) electrons. The molecule has 0 bridgehead atoms. The Morgan fingerprint density at radius 2 is 1.81 bits per heavy atom. The summed E-state index contributed by atoms with van der Waals surface area (Å²) in [5.74, 6) is -1.60. The average molecular weight is 444 g/mol. The molecule has 6 rings (SSSR count). The highest BCUT2D eigenvalue weighted by Gasteiger charge is 2.54. The van der Waals surface area contributed by atoms with Crippen LogP contribution >= 0.6 is 11.5 Å². The third-order valence-electron chi connectivity index (χ3n) is 6.44. The van der Waals surface area contributed by atoms with Crippen LogP contribution in [-0.2, 0) is 0 Å². The minimum atomic E-state index is -0.845. The molecule has 6 nitrogen and oxygen atoms in total. The van der Waals surface area contributed by atoms with E-state index in [0.29, 0.717) is 24.9 Å². The number of aromatic amines is 1. The van der Waals surface area contributed by atoms with Crippen LogP contribution < -0.4 is 21.8 Å². The van der Waals surface area contributed by atoms with Gasteiger partial charge in [-0.1, -0.05) is 11.5 Å². The average Bonchev–Trinajstić information content (AvgIpc) is 3.09. The second-order valence-electron chi connectivity index (χ2n) is 8.11. The normalized spacial score (nSPS) is 22.5. The lowest BCUT2D eigenvalue weighted by Crippen LogP contribution is -2.29. The Labute approximate surface area is 176 Å². The van der Waals surface area contributed by atoms with Crippen LogP contribution in [0.1, 0.15) is 0 Å². The van der Waals surface area contributed by atoms with E-state index >= 15 is 4.39 Å². The molecule has 1 aromatic carbocycles. The largest absolute Gasteiger partial charge is 0.368 e. The number of nitrogens with one attached hydrogen (secondary N) is 1. The zero-order chi connectivity index (χ0) is 21.6. The molecule has 158 valence electrons. The van der Waals surface area contributed by atoms with Crippen molar-refractivity contribution < 1.29 is 13.2 Å². The van der Waals surface area contributed by atoms with Crippen LogP contribution in [0, 0.1) is 29.3 Å². The summed E-state index contributed by atoms with van der Waals surface area (Å²) in [6.07, 6.45) is 1.03. The van der Waals surface area contributed by atoms with Gasteiger partial charge in [-0.2, -0.15) is 0 Å². The van der Waals surface area contributed by atoms with E-state index in [1.807, 2.05) is 4.90 Å². The van der Waals surface area contributed by atoms with E-state index in [0.717, 1.165) is 34.3 Å². The van der Waals surface area contributed by atoms with Gasteiger partial charge in [0.05, 0.1) is 22.1 Å². The summed E-state index contributed by atoms with van der Waals surface area (Å²) in [5, 5.41) is -0.193. The van der Waals surface area contributed by atoms with Crippen molar-refractivity contribution in [3.05, 3.63) is 68.6 Å². The van der Waals surface area contributed by atoms with E-state index in [1.54, 1.807) is 0 Å². The van der Waals surface area contributed by atoms with Gasteiger partial charge in [0, 0.05) is 36.3 Å². The highest BCUT2D eigenvalue weighted by atomic mass is 32.1. The molecule has 3 N–H and O–H groups in total. The zero-order valence-electron chi connectivity index (χ0n) is 15.9. The molecule has 3 aromatic heterocycles. The molecular formula is C21H15F3N4O2S. The maximum atomic E-state index is 15.0. The van der Waals surface area contributed by atoms with Crippen LogP contribution in [0.4, 0.5) is 18.9 Å². The van der Waals surface area contributed by atoms with Crippen LogP contribution in [0.5, 0.6) is 0 Å². The van der Waals surface area contributed by atoms with Crippen molar-refractivity contribution in [1.29, 1.82) is 0 Å². The molecule has 0 amide bonds. The zero-order valence-corrected chi connectivity index (χ0v) is 16.7. The second kappa shape index (κ2) is 6.21. The van der Waals surface area contributed by atoms with Crippen molar-refractivity contribution in [2.75, 3.05) is 18.0 Å². The van der Waals surface area contributed by atoms with E-state index in [4.69, 9.17) is 5.73 Å². The number of hydrogen-bond acceptors (Lipinski definition) is 5. The van der Waals surface area contributed by atoms with Crippen LogP contribution in [0.15, 0.2) is 40.1 Å². The molecule has 3 atom stereocenters. The summed E-state index contributed by atoms with van der Waals surface area (Å²) in [6.45, 7) is 1.20. The van der Waals surface area contributed by atoms with Crippen molar-refractivity contribution in [1.82, 2.24) is 8.77 Å². The summed E-state index contributed by atoms with van der Waals surface area (Å²) < 4.78 is 47.1. The summed E-state index contributed by atoms with van der Waals surface area (Å²) in [7, 11) is 0. The first-order valence-electron chi connectivity index (χ1n) is 9.70. The van der Waals surface area contributed by atoms with Crippen LogP contribution in [0.25, 0.3) is 26.7 Å². The fraction of sp³-hybridized carbons (Fsp3) is 0.238. The number of fused-ring (bicyclic) bond motifs is 3. The van der Waals surface area contributed by atoms with Crippen molar-refractivity contribution >= 4 is 32.8 Å². The van der Waals surface area contributed by atoms with Crippen LogP contribution in [-0.4, -0.2) is 27.9 Å². The molecule has 1 saturated heterocycles. The first kappa shape index (κ1) is 18.6. The van der Waals surface area contributed by atoms with E-state index in [1.165, 1.54) is 12.1 Å². The molecule has 1 aliphatic carbocycles. The first-order valence-corrected chi connectivity index (χ1v) is 10.5. The summed E-state index contributed by atoms with van der Waals surface area (Å²) in [4.78, 5) is 27.1. The number of nitrogens with zero attached hydrogens (tertiary/aromatic N) is 2. The number of pyridine rings is 2.